The number of nitrogens with two attached hydrogens (primary N) is 1. The Morgan fingerprint density at radius 3 is 2.12 bits per heavy atom. The molecule has 0 aliphatic rings. The van der Waals surface area contributed by atoms with Gasteiger partial charge in [-0.25, -0.2) is 12.8 Å². The molecule has 3 aromatic carbocycles. The van der Waals surface area contributed by atoms with Crippen LogP contribution in [-0.4, -0.2) is 18.6 Å². The Morgan fingerprint density at radius 1 is 1.00 bits per heavy atom. The van der Waals surface area contributed by atoms with Crippen LogP contribution in [0.5, 0.6) is 0 Å². The highest BCUT2D eigenvalue weighted by Gasteiger charge is 2.37. The number of benzene rings is 3. The van der Waals surface area contributed by atoms with Gasteiger partial charge in [0.15, 0.2) is 0 Å². The number of carbonyl (C=O) groups excluding carboxylic acids is 1. The summed E-state index contributed by atoms with van der Waals surface area (Å²) in [4.78, 5) is 12.2. The zero-order chi connectivity index (χ0) is 24.4. The van der Waals surface area contributed by atoms with Gasteiger partial charge in [-0.3, -0.25) is 4.79 Å². The lowest BCUT2D eigenvalue weighted by Gasteiger charge is -2.29. The molecule has 11 heteroatoms. The third kappa shape index (κ3) is 5.52. The first-order valence-corrected chi connectivity index (χ1v) is 11.2. The van der Waals surface area contributed by atoms with Gasteiger partial charge in [0.1, 0.15) is 11.9 Å². The van der Waals surface area contributed by atoms with Crippen LogP contribution in [-0.2, 0) is 27.5 Å². The monoisotopic (exact) mass is 500 g/mol. The number of alkyl halides is 3. The summed E-state index contributed by atoms with van der Waals surface area (Å²) in [6.45, 7) is -0.623. The molecule has 33 heavy (non-hydrogen) atoms. The van der Waals surface area contributed by atoms with E-state index in [9.17, 15) is 30.8 Å². The molecule has 0 radical (unpaired) electrons. The van der Waals surface area contributed by atoms with E-state index in [1.54, 1.807) is 18.2 Å². The number of rotatable bonds is 7. The van der Waals surface area contributed by atoms with Gasteiger partial charge in [0.05, 0.1) is 10.5 Å². The summed E-state index contributed by atoms with van der Waals surface area (Å²) in [6, 6.07) is 13.3. The molecule has 0 heterocycles. The maximum atomic E-state index is 14.1. The number of carbonyl (C=O) groups is 1. The highest BCUT2D eigenvalue weighted by atomic mass is 35.5. The second kappa shape index (κ2) is 9.50. The third-order valence-electron chi connectivity index (χ3n) is 4.77. The largest absolute Gasteiger partial charge is 0.419 e. The molecular weight excluding hydrogens is 484 g/mol. The van der Waals surface area contributed by atoms with E-state index in [1.165, 1.54) is 36.4 Å². The van der Waals surface area contributed by atoms with Gasteiger partial charge in [0.25, 0.3) is 0 Å². The summed E-state index contributed by atoms with van der Waals surface area (Å²) >= 11 is 5.83. The SMILES string of the molecule is NC(=O)[C@@H](c1ccccc1)N(Cc1ccc(C(F)(F)F)c(F)c1)S(=O)(=O)c1ccc(Cl)cc1. The van der Waals surface area contributed by atoms with Gasteiger partial charge in [-0.15, -0.1) is 0 Å². The molecule has 0 aromatic heterocycles. The average molecular weight is 501 g/mol. The first kappa shape index (κ1) is 24.7. The summed E-state index contributed by atoms with van der Waals surface area (Å²) in [5.74, 6) is -2.59. The van der Waals surface area contributed by atoms with Crippen molar-refractivity contribution in [1.82, 2.24) is 4.31 Å². The molecule has 0 fully saturated rings. The van der Waals surface area contributed by atoms with Crippen LogP contribution >= 0.6 is 11.6 Å². The normalized spacial score (nSPS) is 13.2. The molecule has 0 aliphatic heterocycles. The number of hydrogen-bond donors (Lipinski definition) is 1. The van der Waals surface area contributed by atoms with Crippen molar-refractivity contribution in [2.24, 2.45) is 5.73 Å². The maximum Gasteiger partial charge on any atom is 0.419 e. The van der Waals surface area contributed by atoms with E-state index >= 15 is 0 Å². The van der Waals surface area contributed by atoms with Crippen LogP contribution in [0, 0.1) is 5.82 Å². The Morgan fingerprint density at radius 2 is 1.61 bits per heavy atom. The second-order valence-corrected chi connectivity index (χ2v) is 9.36. The number of primary amides is 1. The summed E-state index contributed by atoms with van der Waals surface area (Å²) in [7, 11) is -4.43. The molecule has 0 unspecified atom stereocenters. The second-order valence-electron chi connectivity index (χ2n) is 7.03. The zero-order valence-corrected chi connectivity index (χ0v) is 18.3. The molecule has 3 rings (SSSR count). The van der Waals surface area contributed by atoms with Crippen molar-refractivity contribution in [3.8, 4) is 0 Å². The van der Waals surface area contributed by atoms with E-state index in [-0.39, 0.29) is 21.0 Å². The van der Waals surface area contributed by atoms with Crippen LogP contribution in [0.4, 0.5) is 17.6 Å². The van der Waals surface area contributed by atoms with Crippen molar-refractivity contribution in [2.75, 3.05) is 0 Å². The van der Waals surface area contributed by atoms with E-state index in [2.05, 4.69) is 0 Å². The molecule has 0 spiro atoms. The predicted octanol–water partition coefficient (Wildman–Crippen LogP) is 4.92. The van der Waals surface area contributed by atoms with Crippen molar-refractivity contribution in [3.05, 3.63) is 100 Å². The Kier molecular flexibility index (Phi) is 7.11. The van der Waals surface area contributed by atoms with Crippen LogP contribution in [0.15, 0.2) is 77.7 Å². The molecule has 5 nitrogen and oxygen atoms in total. The molecule has 1 atom stereocenters. The molecule has 0 bridgehead atoms. The van der Waals surface area contributed by atoms with Gasteiger partial charge in [-0.05, 0) is 47.5 Å². The average Bonchev–Trinajstić information content (AvgIpc) is 2.73. The van der Waals surface area contributed by atoms with Gasteiger partial charge < -0.3 is 5.73 Å². The van der Waals surface area contributed by atoms with Crippen molar-refractivity contribution < 1.29 is 30.8 Å². The van der Waals surface area contributed by atoms with E-state index < -0.39 is 46.1 Å². The topological polar surface area (TPSA) is 80.5 Å². The lowest BCUT2D eigenvalue weighted by Crippen LogP contribution is -2.41. The van der Waals surface area contributed by atoms with E-state index in [1.807, 2.05) is 0 Å². The lowest BCUT2D eigenvalue weighted by atomic mass is 10.1. The molecule has 0 saturated carbocycles. The summed E-state index contributed by atoms with van der Waals surface area (Å²) < 4.78 is 80.6. The fraction of sp³-hybridized carbons (Fsp3) is 0.136. The minimum atomic E-state index is -4.92. The number of hydrogen-bond acceptors (Lipinski definition) is 3. The number of amides is 1. The Hall–Kier alpha value is -2.95. The predicted molar refractivity (Wildman–Crippen MR) is 114 cm³/mol. The molecular formula is C22H17ClF4N2O3S. The van der Waals surface area contributed by atoms with Gasteiger partial charge in [-0.2, -0.15) is 17.5 Å². The van der Waals surface area contributed by atoms with E-state index in [4.69, 9.17) is 17.3 Å². The van der Waals surface area contributed by atoms with Gasteiger partial charge >= 0.3 is 6.18 Å². The maximum absolute atomic E-state index is 14.1. The van der Waals surface area contributed by atoms with Crippen molar-refractivity contribution in [3.63, 3.8) is 0 Å². The van der Waals surface area contributed by atoms with Crippen molar-refractivity contribution >= 4 is 27.5 Å². The standard InChI is InChI=1S/C22H17ClF4N2O3S/c23-16-7-9-17(10-8-16)33(31,32)29(20(21(28)30)15-4-2-1-3-5-15)13-14-6-11-18(19(24)12-14)22(25,26)27/h1-12,20H,13H2,(H2,28,30)/t20-/m1/s1. The van der Waals surface area contributed by atoms with Gasteiger partial charge in [0.2, 0.25) is 15.9 Å². The van der Waals surface area contributed by atoms with Crippen LogP contribution < -0.4 is 5.73 Å². The molecule has 0 aliphatic carbocycles. The van der Waals surface area contributed by atoms with Crippen LogP contribution in [0.1, 0.15) is 22.7 Å². The fourth-order valence-electron chi connectivity index (χ4n) is 3.23. The van der Waals surface area contributed by atoms with Crippen LogP contribution in [0.25, 0.3) is 0 Å². The van der Waals surface area contributed by atoms with Crippen LogP contribution in [0.2, 0.25) is 5.02 Å². The highest BCUT2D eigenvalue weighted by Crippen LogP contribution is 2.34. The summed E-state index contributed by atoms with van der Waals surface area (Å²) in [6.07, 6.45) is -4.92. The quantitative estimate of drug-likeness (QED) is 0.468. The zero-order valence-electron chi connectivity index (χ0n) is 16.8. The third-order valence-corrected chi connectivity index (χ3v) is 6.85. The molecule has 3 aromatic rings. The van der Waals surface area contributed by atoms with Crippen molar-refractivity contribution in [1.29, 1.82) is 0 Å². The number of nitrogens with zero attached hydrogens (tertiary/aromatic N) is 1. The Labute approximate surface area is 192 Å². The molecule has 1 amide bonds. The first-order valence-electron chi connectivity index (χ1n) is 9.38. The Balaban J connectivity index is 2.14. The van der Waals surface area contributed by atoms with Gasteiger partial charge in [0, 0.05) is 11.6 Å². The minimum absolute atomic E-state index is 0.111. The fourth-order valence-corrected chi connectivity index (χ4v) is 4.93. The smallest absolute Gasteiger partial charge is 0.368 e. The summed E-state index contributed by atoms with van der Waals surface area (Å²) in [5, 5.41) is 0.264. The first-order chi connectivity index (χ1) is 15.4. The Bertz CT molecular complexity index is 1250. The molecule has 174 valence electrons. The summed E-state index contributed by atoms with van der Waals surface area (Å²) in [5.41, 5.74) is 4.17. The van der Waals surface area contributed by atoms with Crippen molar-refractivity contribution in [2.45, 2.75) is 23.7 Å². The van der Waals surface area contributed by atoms with Gasteiger partial charge in [-0.1, -0.05) is 48.0 Å². The van der Waals surface area contributed by atoms with Crippen LogP contribution in [0.3, 0.4) is 0 Å². The molecule has 0 saturated heterocycles. The minimum Gasteiger partial charge on any atom is -0.368 e. The molecule has 2 N–H and O–H groups in total. The highest BCUT2D eigenvalue weighted by molar-refractivity contribution is 7.89. The number of halogens is 5. The van der Waals surface area contributed by atoms with E-state index in [0.29, 0.717) is 12.1 Å². The lowest BCUT2D eigenvalue weighted by molar-refractivity contribution is -0.140. The number of sulfonamides is 1. The van der Waals surface area contributed by atoms with E-state index in [0.717, 1.165) is 10.4 Å².